The van der Waals surface area contributed by atoms with Gasteiger partial charge in [0.15, 0.2) is 0 Å². The molecule has 0 saturated heterocycles. The van der Waals surface area contributed by atoms with E-state index in [0.29, 0.717) is 5.82 Å². The van der Waals surface area contributed by atoms with Crippen LogP contribution < -0.4 is 5.73 Å². The molecule has 3 aromatic heterocycles. The molecule has 0 aliphatic carbocycles. The van der Waals surface area contributed by atoms with Crippen LogP contribution in [0.4, 0.5) is 5.82 Å². The van der Waals surface area contributed by atoms with Crippen molar-refractivity contribution in [3.05, 3.63) is 29.2 Å². The lowest BCUT2D eigenvalue weighted by Crippen LogP contribution is -1.89. The fourth-order valence-corrected chi connectivity index (χ4v) is 3.15. The second-order valence-electron chi connectivity index (χ2n) is 3.10. The first-order valence-electron chi connectivity index (χ1n) is 4.37. The van der Waals surface area contributed by atoms with Crippen molar-refractivity contribution in [3.63, 3.8) is 0 Å². The lowest BCUT2D eigenvalue weighted by atomic mass is 10.2. The highest BCUT2D eigenvalue weighted by molar-refractivity contribution is 7.22. The average Bonchev–Trinajstić information content (AvgIpc) is 2.86. The molecule has 0 radical (unpaired) electrons. The molecular weight excluding hydrogens is 226 g/mol. The van der Waals surface area contributed by atoms with Crippen LogP contribution in [0, 0.1) is 0 Å². The summed E-state index contributed by atoms with van der Waals surface area (Å²) in [6, 6.07) is 4.15. The molecule has 0 aliphatic heterocycles. The summed E-state index contributed by atoms with van der Waals surface area (Å²) in [5, 5.41) is 5.13. The van der Waals surface area contributed by atoms with E-state index in [9.17, 15) is 0 Å². The number of aromatic nitrogens is 2. The van der Waals surface area contributed by atoms with Crippen molar-refractivity contribution < 1.29 is 0 Å². The molecule has 0 atom stereocenters. The molecule has 0 amide bonds. The minimum Gasteiger partial charge on any atom is -0.383 e. The fraction of sp³-hybridized carbons (Fsp3) is 0. The normalized spacial score (nSPS) is 10.9. The first kappa shape index (κ1) is 8.82. The number of thiophene rings is 2. The third-order valence-corrected chi connectivity index (χ3v) is 3.94. The molecule has 3 aromatic rings. The molecule has 15 heavy (non-hydrogen) atoms. The van der Waals surface area contributed by atoms with Crippen LogP contribution in [0.25, 0.3) is 20.7 Å². The molecule has 5 heteroatoms. The van der Waals surface area contributed by atoms with Crippen LogP contribution in [0.15, 0.2) is 29.2 Å². The number of nitrogens with two attached hydrogens (primary N) is 1. The Bertz CT molecular complexity index is 598. The zero-order chi connectivity index (χ0) is 10.3. The van der Waals surface area contributed by atoms with Crippen molar-refractivity contribution in [2.24, 2.45) is 0 Å². The van der Waals surface area contributed by atoms with Crippen LogP contribution in [0.5, 0.6) is 0 Å². The van der Waals surface area contributed by atoms with Crippen LogP contribution in [0.3, 0.4) is 0 Å². The predicted octanol–water partition coefficient (Wildman–Crippen LogP) is 3.00. The Hall–Kier alpha value is -1.46. The summed E-state index contributed by atoms with van der Waals surface area (Å²) in [7, 11) is 0. The van der Waals surface area contributed by atoms with Crippen molar-refractivity contribution in [2.45, 2.75) is 0 Å². The summed E-state index contributed by atoms with van der Waals surface area (Å²) < 4.78 is 0. The SMILES string of the molecule is Nc1ncnc2sc(-c3ccsc3)cc12. The summed E-state index contributed by atoms with van der Waals surface area (Å²) >= 11 is 3.33. The Balaban J connectivity index is 2.27. The van der Waals surface area contributed by atoms with Gasteiger partial charge in [-0.25, -0.2) is 9.97 Å². The molecule has 74 valence electrons. The third kappa shape index (κ3) is 1.40. The first-order chi connectivity index (χ1) is 7.34. The topological polar surface area (TPSA) is 51.8 Å². The fourth-order valence-electron chi connectivity index (χ4n) is 1.42. The van der Waals surface area contributed by atoms with Gasteiger partial charge in [0.2, 0.25) is 0 Å². The van der Waals surface area contributed by atoms with Crippen molar-refractivity contribution in [1.29, 1.82) is 0 Å². The molecule has 0 aromatic carbocycles. The van der Waals surface area contributed by atoms with E-state index in [1.165, 1.54) is 16.8 Å². The molecule has 3 nitrogen and oxygen atoms in total. The number of rotatable bonds is 1. The maximum atomic E-state index is 5.78. The second kappa shape index (κ2) is 3.29. The van der Waals surface area contributed by atoms with Crippen molar-refractivity contribution in [2.75, 3.05) is 5.73 Å². The molecule has 0 bridgehead atoms. The van der Waals surface area contributed by atoms with Crippen LogP contribution in [-0.4, -0.2) is 9.97 Å². The molecule has 0 aliphatic rings. The first-order valence-corrected chi connectivity index (χ1v) is 6.13. The number of nitrogen functional groups attached to an aromatic ring is 1. The summed E-state index contributed by atoms with van der Waals surface area (Å²) in [6.45, 7) is 0. The maximum Gasteiger partial charge on any atom is 0.135 e. The van der Waals surface area contributed by atoms with Gasteiger partial charge in [-0.1, -0.05) is 0 Å². The minimum atomic E-state index is 0.553. The number of nitrogens with zero attached hydrogens (tertiary/aromatic N) is 2. The third-order valence-electron chi connectivity index (χ3n) is 2.17. The van der Waals surface area contributed by atoms with E-state index in [4.69, 9.17) is 5.73 Å². The van der Waals surface area contributed by atoms with E-state index < -0.39 is 0 Å². The standard InChI is InChI=1S/C10H7N3S2/c11-9-7-3-8(6-1-2-14-4-6)15-10(7)13-5-12-9/h1-5H,(H2,11,12,13). The molecule has 0 unspecified atom stereocenters. The molecule has 0 fully saturated rings. The Morgan fingerprint density at radius 1 is 1.27 bits per heavy atom. The lowest BCUT2D eigenvalue weighted by molar-refractivity contribution is 1.24. The molecule has 3 heterocycles. The van der Waals surface area contributed by atoms with E-state index in [1.807, 2.05) is 0 Å². The van der Waals surface area contributed by atoms with Gasteiger partial charge in [0.05, 0.1) is 5.39 Å². The molecule has 0 spiro atoms. The summed E-state index contributed by atoms with van der Waals surface area (Å²) in [4.78, 5) is 10.3. The van der Waals surface area contributed by atoms with Gasteiger partial charge < -0.3 is 5.73 Å². The van der Waals surface area contributed by atoms with Crippen LogP contribution in [-0.2, 0) is 0 Å². The van der Waals surface area contributed by atoms with Gasteiger partial charge in [-0.2, -0.15) is 11.3 Å². The molecule has 2 N–H and O–H groups in total. The van der Waals surface area contributed by atoms with E-state index in [1.54, 1.807) is 22.7 Å². The Morgan fingerprint density at radius 3 is 2.93 bits per heavy atom. The zero-order valence-corrected chi connectivity index (χ0v) is 9.31. The monoisotopic (exact) mass is 233 g/mol. The highest BCUT2D eigenvalue weighted by Gasteiger charge is 2.07. The van der Waals surface area contributed by atoms with Gasteiger partial charge in [0.1, 0.15) is 17.0 Å². The zero-order valence-electron chi connectivity index (χ0n) is 7.68. The van der Waals surface area contributed by atoms with Crippen LogP contribution in [0.2, 0.25) is 0 Å². The number of hydrogen-bond donors (Lipinski definition) is 1. The van der Waals surface area contributed by atoms with E-state index in [-0.39, 0.29) is 0 Å². The lowest BCUT2D eigenvalue weighted by Gasteiger charge is -1.90. The number of hydrogen-bond acceptors (Lipinski definition) is 5. The smallest absolute Gasteiger partial charge is 0.135 e. The van der Waals surface area contributed by atoms with Crippen molar-refractivity contribution >= 4 is 38.7 Å². The minimum absolute atomic E-state index is 0.553. The highest BCUT2D eigenvalue weighted by Crippen LogP contribution is 2.34. The van der Waals surface area contributed by atoms with Crippen LogP contribution in [0.1, 0.15) is 0 Å². The quantitative estimate of drug-likeness (QED) is 0.703. The van der Waals surface area contributed by atoms with Crippen molar-refractivity contribution in [3.8, 4) is 10.4 Å². The number of anilines is 1. The Kier molecular flexibility index (Phi) is 1.93. The van der Waals surface area contributed by atoms with Gasteiger partial charge in [-0.15, -0.1) is 11.3 Å². The maximum absolute atomic E-state index is 5.78. The molecule has 3 rings (SSSR count). The van der Waals surface area contributed by atoms with E-state index in [0.717, 1.165) is 10.2 Å². The van der Waals surface area contributed by atoms with Crippen LogP contribution >= 0.6 is 22.7 Å². The van der Waals surface area contributed by atoms with E-state index >= 15 is 0 Å². The highest BCUT2D eigenvalue weighted by atomic mass is 32.1. The molecule has 0 saturated carbocycles. The van der Waals surface area contributed by atoms with Gasteiger partial charge in [-0.3, -0.25) is 0 Å². The summed E-state index contributed by atoms with van der Waals surface area (Å²) in [5.74, 6) is 0.553. The van der Waals surface area contributed by atoms with Gasteiger partial charge in [0.25, 0.3) is 0 Å². The molecular formula is C10H7N3S2. The summed E-state index contributed by atoms with van der Waals surface area (Å²) in [5.41, 5.74) is 7.01. The van der Waals surface area contributed by atoms with Crippen molar-refractivity contribution in [1.82, 2.24) is 9.97 Å². The Morgan fingerprint density at radius 2 is 2.20 bits per heavy atom. The van der Waals surface area contributed by atoms with Gasteiger partial charge in [0, 0.05) is 10.4 Å². The van der Waals surface area contributed by atoms with Gasteiger partial charge in [-0.05, 0) is 22.9 Å². The average molecular weight is 233 g/mol. The van der Waals surface area contributed by atoms with Gasteiger partial charge >= 0.3 is 0 Å². The second-order valence-corrected chi connectivity index (χ2v) is 4.91. The van der Waals surface area contributed by atoms with E-state index in [2.05, 4.69) is 32.9 Å². The largest absolute Gasteiger partial charge is 0.383 e. The predicted molar refractivity (Wildman–Crippen MR) is 65.1 cm³/mol. The Labute approximate surface area is 94.2 Å². The number of fused-ring (bicyclic) bond motifs is 1. The summed E-state index contributed by atoms with van der Waals surface area (Å²) in [6.07, 6.45) is 1.51.